The van der Waals surface area contributed by atoms with Crippen molar-refractivity contribution in [2.75, 3.05) is 0 Å². The van der Waals surface area contributed by atoms with Crippen molar-refractivity contribution in [2.24, 2.45) is 23.7 Å². The van der Waals surface area contributed by atoms with Gasteiger partial charge in [0.1, 0.15) is 0 Å². The summed E-state index contributed by atoms with van der Waals surface area (Å²) in [5, 5.41) is 9.06. The van der Waals surface area contributed by atoms with Crippen molar-refractivity contribution in [3.05, 3.63) is 35.4 Å². The number of carbonyl (C=O) groups is 1. The summed E-state index contributed by atoms with van der Waals surface area (Å²) in [5.41, 5.74) is 0.579. The Morgan fingerprint density at radius 1 is 1.13 bits per heavy atom. The lowest BCUT2D eigenvalue weighted by atomic mass is 9.58. The molecule has 1 saturated carbocycles. The zero-order valence-electron chi connectivity index (χ0n) is 17.7. The molecule has 0 aromatic heterocycles. The molecule has 1 aromatic carbocycles. The van der Waals surface area contributed by atoms with Gasteiger partial charge >= 0.3 is 5.97 Å². The van der Waals surface area contributed by atoms with E-state index in [2.05, 4.69) is 13.8 Å². The number of fused-ring (bicyclic) bond motifs is 2. The first-order chi connectivity index (χ1) is 14.3. The van der Waals surface area contributed by atoms with Crippen LogP contribution in [0, 0.1) is 23.7 Å². The van der Waals surface area contributed by atoms with Crippen LogP contribution in [0.4, 0.5) is 0 Å². The SMILES string of the molecule is C[C@@H]1CC[C@H]2[C@@H](C)C(OCc3ccc(C(=O)O)cc3)O[C@@H]3O[C@]4(C)CCC1[C@]32OO4. The van der Waals surface area contributed by atoms with Crippen LogP contribution in [-0.4, -0.2) is 35.0 Å². The fourth-order valence-corrected chi connectivity index (χ4v) is 5.98. The molecule has 5 fully saturated rings. The fraction of sp³-hybridized carbons (Fsp3) is 0.696. The Balaban J connectivity index is 1.37. The van der Waals surface area contributed by atoms with Gasteiger partial charge in [0, 0.05) is 18.3 Å². The van der Waals surface area contributed by atoms with Crippen molar-refractivity contribution in [1.29, 1.82) is 0 Å². The lowest BCUT2D eigenvalue weighted by molar-refractivity contribution is -0.577. The standard InChI is InChI=1S/C23H30O7/c1-13-4-9-18-14(2)20(26-12-15-5-7-16(8-6-15)19(24)25)27-21-23(18)17(13)10-11-22(3,28-21)29-30-23/h5-8,13-14,17-18,20-21H,4,9-12H2,1-3H3,(H,24,25)/t13-,14-,17?,18+,20?,21-,22+,23-/m1/s1. The molecule has 7 nitrogen and oxygen atoms in total. The molecule has 4 heterocycles. The van der Waals surface area contributed by atoms with E-state index >= 15 is 0 Å². The average molecular weight is 418 g/mol. The molecule has 1 N–H and O–H groups in total. The Bertz CT molecular complexity index is 810. The molecule has 2 unspecified atom stereocenters. The molecule has 0 amide bonds. The fourth-order valence-electron chi connectivity index (χ4n) is 5.98. The maximum absolute atomic E-state index is 11.0. The summed E-state index contributed by atoms with van der Waals surface area (Å²) in [5.74, 6) is -0.539. The number of carboxylic acids is 1. The summed E-state index contributed by atoms with van der Waals surface area (Å²) < 4.78 is 18.9. The number of aromatic carboxylic acids is 1. The van der Waals surface area contributed by atoms with Crippen molar-refractivity contribution < 1.29 is 33.9 Å². The van der Waals surface area contributed by atoms with Gasteiger partial charge in [-0.1, -0.05) is 26.0 Å². The Kier molecular flexibility index (Phi) is 4.95. The van der Waals surface area contributed by atoms with Crippen LogP contribution in [0.3, 0.4) is 0 Å². The summed E-state index contributed by atoms with van der Waals surface area (Å²) in [4.78, 5) is 23.0. The van der Waals surface area contributed by atoms with Crippen LogP contribution in [0.25, 0.3) is 0 Å². The van der Waals surface area contributed by atoms with Gasteiger partial charge in [0.15, 0.2) is 18.2 Å². The summed E-state index contributed by atoms with van der Waals surface area (Å²) >= 11 is 0. The average Bonchev–Trinajstić information content (AvgIpc) is 2.96. The van der Waals surface area contributed by atoms with Crippen LogP contribution in [0.5, 0.6) is 0 Å². The first-order valence-corrected chi connectivity index (χ1v) is 11.0. The van der Waals surface area contributed by atoms with Gasteiger partial charge in [0.05, 0.1) is 12.2 Å². The van der Waals surface area contributed by atoms with Gasteiger partial charge in [-0.15, -0.1) is 0 Å². The van der Waals surface area contributed by atoms with Crippen molar-refractivity contribution in [3.8, 4) is 0 Å². The largest absolute Gasteiger partial charge is 0.478 e. The molecular weight excluding hydrogens is 388 g/mol. The van der Waals surface area contributed by atoms with Gasteiger partial charge in [0.25, 0.3) is 0 Å². The minimum atomic E-state index is -0.936. The van der Waals surface area contributed by atoms with E-state index in [0.29, 0.717) is 18.4 Å². The van der Waals surface area contributed by atoms with E-state index in [1.807, 2.05) is 6.92 Å². The molecule has 5 aliphatic rings. The maximum Gasteiger partial charge on any atom is 0.335 e. The molecule has 1 aromatic rings. The molecule has 1 aliphatic carbocycles. The molecule has 4 saturated heterocycles. The lowest BCUT2D eigenvalue weighted by Gasteiger charge is -2.60. The maximum atomic E-state index is 11.0. The van der Waals surface area contributed by atoms with E-state index in [1.54, 1.807) is 24.3 Å². The third kappa shape index (κ3) is 3.10. The molecule has 1 spiro atoms. The zero-order valence-corrected chi connectivity index (χ0v) is 17.7. The highest BCUT2D eigenvalue weighted by Crippen LogP contribution is 2.60. The number of ether oxygens (including phenoxy) is 3. The molecular formula is C23H30O7. The number of rotatable bonds is 4. The van der Waals surface area contributed by atoms with Crippen molar-refractivity contribution >= 4 is 5.97 Å². The van der Waals surface area contributed by atoms with Crippen LogP contribution in [0.1, 0.15) is 62.4 Å². The van der Waals surface area contributed by atoms with Gasteiger partial charge in [0.2, 0.25) is 5.79 Å². The lowest BCUT2D eigenvalue weighted by Crippen LogP contribution is -2.70. The second-order valence-electron chi connectivity index (χ2n) is 9.59. The predicted octanol–water partition coefficient (Wildman–Crippen LogP) is 4.11. The Hall–Kier alpha value is -1.51. The number of hydrogen-bond acceptors (Lipinski definition) is 6. The summed E-state index contributed by atoms with van der Waals surface area (Å²) in [6.07, 6.45) is 3.01. The van der Waals surface area contributed by atoms with Crippen molar-refractivity contribution in [3.63, 3.8) is 0 Å². The minimum absolute atomic E-state index is 0.115. The van der Waals surface area contributed by atoms with Crippen molar-refractivity contribution in [1.82, 2.24) is 0 Å². The topological polar surface area (TPSA) is 83.5 Å². The molecule has 30 heavy (non-hydrogen) atoms. The molecule has 6 rings (SSSR count). The smallest absolute Gasteiger partial charge is 0.335 e. The number of carboxylic acid groups (broad SMARTS) is 1. The van der Waals surface area contributed by atoms with Gasteiger partial charge < -0.3 is 19.3 Å². The number of hydrogen-bond donors (Lipinski definition) is 1. The van der Waals surface area contributed by atoms with Crippen LogP contribution in [0.2, 0.25) is 0 Å². The highest BCUT2D eigenvalue weighted by Gasteiger charge is 2.69. The third-order valence-electron chi connectivity index (χ3n) is 7.71. The van der Waals surface area contributed by atoms with E-state index in [9.17, 15) is 4.79 Å². The highest BCUT2D eigenvalue weighted by molar-refractivity contribution is 5.87. The molecule has 164 valence electrons. The van der Waals surface area contributed by atoms with Crippen LogP contribution in [-0.2, 0) is 30.6 Å². The summed E-state index contributed by atoms with van der Waals surface area (Å²) in [6, 6.07) is 6.74. The van der Waals surface area contributed by atoms with Gasteiger partial charge in [-0.2, -0.15) is 0 Å². The van der Waals surface area contributed by atoms with Crippen LogP contribution < -0.4 is 0 Å². The summed E-state index contributed by atoms with van der Waals surface area (Å²) in [6.45, 7) is 6.71. The second kappa shape index (κ2) is 7.28. The monoisotopic (exact) mass is 418 g/mol. The molecule has 0 radical (unpaired) electrons. The Labute approximate surface area is 176 Å². The predicted molar refractivity (Wildman–Crippen MR) is 105 cm³/mol. The van der Waals surface area contributed by atoms with E-state index < -0.39 is 29.9 Å². The molecule has 7 heteroatoms. The van der Waals surface area contributed by atoms with E-state index in [0.717, 1.165) is 31.2 Å². The second-order valence-corrected chi connectivity index (χ2v) is 9.59. The quantitative estimate of drug-likeness (QED) is 0.737. The van der Waals surface area contributed by atoms with E-state index in [-0.39, 0.29) is 17.4 Å². The summed E-state index contributed by atoms with van der Waals surface area (Å²) in [7, 11) is 0. The van der Waals surface area contributed by atoms with E-state index in [4.69, 9.17) is 29.1 Å². The molecule has 4 aliphatic heterocycles. The van der Waals surface area contributed by atoms with Gasteiger partial charge in [-0.05, 0) is 55.7 Å². The van der Waals surface area contributed by atoms with Gasteiger partial charge in [-0.3, -0.25) is 0 Å². The third-order valence-corrected chi connectivity index (χ3v) is 7.71. The zero-order chi connectivity index (χ0) is 21.1. The number of benzene rings is 1. The van der Waals surface area contributed by atoms with E-state index in [1.165, 1.54) is 0 Å². The minimum Gasteiger partial charge on any atom is -0.478 e. The van der Waals surface area contributed by atoms with Crippen LogP contribution in [0.15, 0.2) is 24.3 Å². The normalized spacial score (nSPS) is 44.9. The highest BCUT2D eigenvalue weighted by atomic mass is 17.3. The molecule has 8 atom stereocenters. The van der Waals surface area contributed by atoms with Gasteiger partial charge in [-0.25, -0.2) is 14.6 Å². The van der Waals surface area contributed by atoms with Crippen LogP contribution >= 0.6 is 0 Å². The first-order valence-electron chi connectivity index (χ1n) is 11.0. The first kappa shape index (κ1) is 20.4. The Morgan fingerprint density at radius 2 is 1.90 bits per heavy atom. The Morgan fingerprint density at radius 3 is 2.63 bits per heavy atom. The molecule has 2 bridgehead atoms. The van der Waals surface area contributed by atoms with Crippen molar-refractivity contribution in [2.45, 2.75) is 77.0 Å².